The molecule has 0 fully saturated rings. The molecule has 1 aromatic carbocycles. The molecule has 0 spiro atoms. The zero-order valence-corrected chi connectivity index (χ0v) is 6.91. The van der Waals surface area contributed by atoms with Gasteiger partial charge in [0.25, 0.3) is 0 Å². The molecule has 6 heteroatoms. The first-order chi connectivity index (χ1) is 6.24. The van der Waals surface area contributed by atoms with Crippen molar-refractivity contribution in [1.29, 1.82) is 0 Å². The van der Waals surface area contributed by atoms with Gasteiger partial charge < -0.3 is 5.21 Å². The summed E-state index contributed by atoms with van der Waals surface area (Å²) in [5.41, 5.74) is 0.155. The lowest BCUT2D eigenvalue weighted by atomic mass is 10.2. The predicted molar refractivity (Wildman–Crippen MR) is 44.0 cm³/mol. The molecule has 1 aromatic rings. The third-order valence-corrected chi connectivity index (χ3v) is 1.93. The van der Waals surface area contributed by atoms with Crippen LogP contribution in [0.3, 0.4) is 0 Å². The molecular formula is C7H2ClN2O3-. The molecule has 0 unspecified atom stereocenters. The van der Waals surface area contributed by atoms with Gasteiger partial charge in [0, 0.05) is 0 Å². The van der Waals surface area contributed by atoms with Crippen LogP contribution < -0.4 is 15.8 Å². The Morgan fingerprint density at radius 1 is 1.62 bits per heavy atom. The number of hydrogen-bond acceptors (Lipinski definition) is 5. The highest BCUT2D eigenvalue weighted by Gasteiger charge is 2.11. The number of hydrogen-bond donors (Lipinski definition) is 0. The second kappa shape index (κ2) is 2.74. The average Bonchev–Trinajstić information content (AvgIpc) is 2.48. The van der Waals surface area contributed by atoms with Crippen LogP contribution in [0.5, 0.6) is 0 Å². The molecule has 0 bridgehead atoms. The van der Waals surface area contributed by atoms with Gasteiger partial charge in [-0.25, -0.2) is 10.0 Å². The largest absolute Gasteiger partial charge is 0.722 e. The summed E-state index contributed by atoms with van der Waals surface area (Å²) < 4.78 is 0. The van der Waals surface area contributed by atoms with Crippen LogP contribution in [0, 0.1) is 5.21 Å². The van der Waals surface area contributed by atoms with Gasteiger partial charge >= 0.3 is 0 Å². The molecule has 0 N–H and O–H groups in total. The van der Waals surface area contributed by atoms with Crippen LogP contribution in [0.1, 0.15) is 0 Å². The number of rotatable bonds is 0. The Morgan fingerprint density at radius 2 is 2.38 bits per heavy atom. The standard InChI is InChI=1S/C7H2ClN2O3/c8-5-1-2-6-7(4(5)3-11)9-13-10(6)12/h1-2H/q-1. The number of benzene rings is 1. The van der Waals surface area contributed by atoms with E-state index in [1.165, 1.54) is 12.1 Å². The van der Waals surface area contributed by atoms with Crippen molar-refractivity contribution >= 4 is 23.2 Å². The fourth-order valence-electron chi connectivity index (χ4n) is 1.01. The summed E-state index contributed by atoms with van der Waals surface area (Å²) in [4.78, 5) is 14.7. The first-order valence-electron chi connectivity index (χ1n) is 3.30. The number of carbonyl (C=O) groups excluding carboxylic acids is 1. The Labute approximate surface area is 77.0 Å². The Kier molecular flexibility index (Phi) is 1.70. The molecule has 5 nitrogen and oxygen atoms in total. The lowest BCUT2D eigenvalue weighted by Crippen LogP contribution is -2.28. The molecule has 1 aliphatic heterocycles. The number of fused-ring (bicyclic) bond motifs is 1. The summed E-state index contributed by atoms with van der Waals surface area (Å²) in [6, 6.07) is 2.83. The molecule has 0 radical (unpaired) electrons. The molecular weight excluding hydrogens is 196 g/mol. The van der Waals surface area contributed by atoms with Crippen molar-refractivity contribution in [2.45, 2.75) is 0 Å². The third kappa shape index (κ3) is 1.07. The van der Waals surface area contributed by atoms with Crippen LogP contribution in [-0.4, -0.2) is 5.94 Å². The van der Waals surface area contributed by atoms with Crippen LogP contribution in [0.15, 0.2) is 17.3 Å². The predicted octanol–water partition coefficient (Wildman–Crippen LogP) is -0.373. The van der Waals surface area contributed by atoms with E-state index < -0.39 is 0 Å². The summed E-state index contributed by atoms with van der Waals surface area (Å²) >= 11 is 5.66. The highest BCUT2D eigenvalue weighted by molar-refractivity contribution is 6.31. The van der Waals surface area contributed by atoms with Gasteiger partial charge in [0.15, 0.2) is 5.36 Å². The van der Waals surface area contributed by atoms with Gasteiger partial charge in [0.1, 0.15) is 11.2 Å². The Morgan fingerprint density at radius 3 is 3.08 bits per heavy atom. The first kappa shape index (κ1) is 8.07. The van der Waals surface area contributed by atoms with Gasteiger partial charge in [-0.05, 0) is 12.1 Å². The Hall–Kier alpha value is -1.55. The lowest BCUT2D eigenvalue weighted by Gasteiger charge is -2.18. The average molecular weight is 198 g/mol. The maximum atomic E-state index is 10.9. The van der Waals surface area contributed by atoms with Crippen LogP contribution in [-0.2, 0) is 9.73 Å². The fourth-order valence-corrected chi connectivity index (χ4v) is 1.21. The number of anilines is 1. The van der Waals surface area contributed by atoms with Crippen molar-refractivity contribution in [2.75, 3.05) is 5.23 Å². The van der Waals surface area contributed by atoms with E-state index in [4.69, 9.17) is 11.6 Å². The van der Waals surface area contributed by atoms with Gasteiger partial charge in [0.2, 0.25) is 0 Å². The van der Waals surface area contributed by atoms with E-state index in [0.29, 0.717) is 0 Å². The first-order valence-corrected chi connectivity index (χ1v) is 3.68. The summed E-state index contributed by atoms with van der Waals surface area (Å²) in [7, 11) is 0. The molecule has 0 saturated heterocycles. The zero-order chi connectivity index (χ0) is 9.42. The van der Waals surface area contributed by atoms with Gasteiger partial charge in [-0.2, -0.15) is 0 Å². The van der Waals surface area contributed by atoms with E-state index in [2.05, 4.69) is 10.1 Å². The summed E-state index contributed by atoms with van der Waals surface area (Å²) in [5.74, 6) is 1.59. The quantitative estimate of drug-likeness (QED) is 0.569. The fraction of sp³-hybridized carbons (Fsp3) is 0. The molecule has 0 amide bonds. The smallest absolute Gasteiger partial charge is 0.151 e. The van der Waals surface area contributed by atoms with E-state index in [-0.39, 0.29) is 26.5 Å². The molecule has 1 heterocycles. The van der Waals surface area contributed by atoms with E-state index >= 15 is 0 Å². The van der Waals surface area contributed by atoms with Crippen molar-refractivity contribution in [2.24, 2.45) is 5.16 Å². The number of halogens is 1. The van der Waals surface area contributed by atoms with Crippen LogP contribution in [0.2, 0.25) is 5.02 Å². The minimum Gasteiger partial charge on any atom is -0.722 e. The van der Waals surface area contributed by atoms with Crippen molar-refractivity contribution in [3.63, 3.8) is 0 Å². The normalized spacial score (nSPS) is 12.9. The molecule has 1 aliphatic rings. The van der Waals surface area contributed by atoms with E-state index in [9.17, 15) is 10.0 Å². The topological polar surface area (TPSA) is 65.0 Å². The number of nitrogens with zero attached hydrogens (tertiary/aromatic N) is 2. The second-order valence-corrected chi connectivity index (χ2v) is 2.73. The third-order valence-electron chi connectivity index (χ3n) is 1.61. The minimum atomic E-state index is 0.0394. The van der Waals surface area contributed by atoms with Gasteiger partial charge in [0.05, 0.1) is 10.7 Å². The lowest BCUT2D eigenvalue weighted by molar-refractivity contribution is 0.150. The maximum absolute atomic E-state index is 10.9. The molecule has 0 atom stereocenters. The Bertz CT molecular complexity index is 495. The molecule has 2 rings (SSSR count). The SMILES string of the molecule is O=C=c1c(Cl)ccc2c1=NON2[O-]. The summed E-state index contributed by atoms with van der Waals surface area (Å²) in [5, 5.41) is 14.8. The van der Waals surface area contributed by atoms with E-state index in [1.54, 1.807) is 5.94 Å². The highest BCUT2D eigenvalue weighted by Crippen LogP contribution is 2.12. The van der Waals surface area contributed by atoms with Crippen molar-refractivity contribution in [3.05, 3.63) is 32.9 Å². The molecule has 13 heavy (non-hydrogen) atoms. The second-order valence-electron chi connectivity index (χ2n) is 2.32. The van der Waals surface area contributed by atoms with E-state index in [0.717, 1.165) is 0 Å². The Balaban J connectivity index is 2.93. The monoisotopic (exact) mass is 197 g/mol. The molecule has 0 aliphatic carbocycles. The summed E-state index contributed by atoms with van der Waals surface area (Å²) in [6.07, 6.45) is 0. The summed E-state index contributed by atoms with van der Waals surface area (Å²) in [6.45, 7) is 0. The molecule has 0 saturated carbocycles. The highest BCUT2D eigenvalue weighted by atomic mass is 35.5. The van der Waals surface area contributed by atoms with Gasteiger partial charge in [-0.1, -0.05) is 16.8 Å². The van der Waals surface area contributed by atoms with Crippen LogP contribution in [0.25, 0.3) is 0 Å². The molecule has 66 valence electrons. The van der Waals surface area contributed by atoms with E-state index in [1.807, 2.05) is 0 Å². The van der Waals surface area contributed by atoms with Gasteiger partial charge in [-0.3, -0.25) is 4.94 Å². The van der Waals surface area contributed by atoms with Gasteiger partial charge in [-0.15, -0.1) is 0 Å². The van der Waals surface area contributed by atoms with Crippen molar-refractivity contribution in [1.82, 2.24) is 0 Å². The van der Waals surface area contributed by atoms with Crippen LogP contribution >= 0.6 is 11.6 Å². The minimum absolute atomic E-state index is 0.0394. The zero-order valence-electron chi connectivity index (χ0n) is 6.15. The maximum Gasteiger partial charge on any atom is 0.151 e. The van der Waals surface area contributed by atoms with Crippen LogP contribution in [0.4, 0.5) is 5.69 Å². The van der Waals surface area contributed by atoms with Crippen molar-refractivity contribution in [3.8, 4) is 0 Å². The van der Waals surface area contributed by atoms with Crippen molar-refractivity contribution < 1.29 is 9.73 Å². The molecule has 0 aromatic heterocycles.